The summed E-state index contributed by atoms with van der Waals surface area (Å²) in [5, 5.41) is 9.85. The standard InChI is InChI=1S/C30H31ClN8O2.C2H6/c1-17-14-21(18(2)34-23-8-9-25(31)35-27(23)28(32)40)26-22(15-17)29(41)37(3)30(36-26)38-12-10-20(11-13-38)39-24-7-5-4-6-19(24)16-33-39;1-2/h4-9,14-16,18,20,34H,10-13H2,1-3H3,(H2,32,40);1-2H3. The van der Waals surface area contributed by atoms with Crippen molar-refractivity contribution in [1.82, 2.24) is 24.3 Å². The molecular weight excluding hydrogens is 564 g/mol. The van der Waals surface area contributed by atoms with Gasteiger partial charge in [0.05, 0.1) is 40.4 Å². The van der Waals surface area contributed by atoms with E-state index in [1.165, 1.54) is 0 Å². The summed E-state index contributed by atoms with van der Waals surface area (Å²) in [6.07, 6.45) is 3.69. The van der Waals surface area contributed by atoms with Crippen LogP contribution in [0.25, 0.3) is 21.8 Å². The Hall–Kier alpha value is -4.44. The van der Waals surface area contributed by atoms with Crippen molar-refractivity contribution in [2.75, 3.05) is 23.3 Å². The molecule has 0 bridgehead atoms. The smallest absolute Gasteiger partial charge is 0.269 e. The Morgan fingerprint density at radius 3 is 2.53 bits per heavy atom. The van der Waals surface area contributed by atoms with E-state index in [2.05, 4.69) is 37.1 Å². The number of nitrogens with zero attached hydrogens (tertiary/aromatic N) is 6. The SMILES string of the molecule is CC.Cc1cc(C(C)Nc2ccc(Cl)nc2C(N)=O)c2nc(N3CCC(n4ncc5ccccc54)CC3)n(C)c(=O)c2c1. The van der Waals surface area contributed by atoms with Crippen LogP contribution in [0.4, 0.5) is 11.6 Å². The summed E-state index contributed by atoms with van der Waals surface area (Å²) < 4.78 is 3.77. The van der Waals surface area contributed by atoms with Crippen molar-refractivity contribution >= 4 is 50.9 Å². The van der Waals surface area contributed by atoms with E-state index in [0.717, 1.165) is 48.0 Å². The Morgan fingerprint density at radius 1 is 1.09 bits per heavy atom. The molecule has 0 radical (unpaired) electrons. The monoisotopic (exact) mass is 600 g/mol. The number of nitrogens with one attached hydrogen (secondary N) is 1. The first-order valence-electron chi connectivity index (χ1n) is 14.6. The van der Waals surface area contributed by atoms with Crippen LogP contribution in [0.3, 0.4) is 0 Å². The van der Waals surface area contributed by atoms with Crippen LogP contribution < -0.4 is 21.5 Å². The number of carbonyl (C=O) groups is 1. The van der Waals surface area contributed by atoms with Crippen molar-refractivity contribution in [3.05, 3.63) is 87.1 Å². The molecule has 0 spiro atoms. The number of amides is 1. The van der Waals surface area contributed by atoms with Crippen LogP contribution in [0, 0.1) is 6.92 Å². The van der Waals surface area contributed by atoms with Crippen LogP contribution in [0.2, 0.25) is 5.15 Å². The first-order valence-corrected chi connectivity index (χ1v) is 15.0. The van der Waals surface area contributed by atoms with Gasteiger partial charge in [-0.3, -0.25) is 18.8 Å². The molecule has 1 fully saturated rings. The van der Waals surface area contributed by atoms with Crippen LogP contribution in [-0.2, 0) is 7.05 Å². The van der Waals surface area contributed by atoms with Gasteiger partial charge in [-0.1, -0.05) is 49.7 Å². The average molecular weight is 601 g/mol. The fourth-order valence-corrected chi connectivity index (χ4v) is 5.95. The first kappa shape index (κ1) is 30.0. The van der Waals surface area contributed by atoms with Gasteiger partial charge in [0.15, 0.2) is 5.69 Å². The maximum atomic E-state index is 13.6. The molecule has 10 nitrogen and oxygen atoms in total. The second-order valence-electron chi connectivity index (χ2n) is 10.7. The molecular formula is C32H37ClN8O2. The number of hydrogen-bond donors (Lipinski definition) is 2. The first-order chi connectivity index (χ1) is 20.7. The van der Waals surface area contributed by atoms with Gasteiger partial charge in [0.2, 0.25) is 5.95 Å². The summed E-state index contributed by atoms with van der Waals surface area (Å²) in [6, 6.07) is 15.4. The highest BCUT2D eigenvalue weighted by molar-refractivity contribution is 6.29. The number of benzene rings is 2. The van der Waals surface area contributed by atoms with Gasteiger partial charge in [-0.25, -0.2) is 9.97 Å². The fraction of sp³-hybridized carbons (Fsp3) is 0.344. The largest absolute Gasteiger partial charge is 0.377 e. The second kappa shape index (κ2) is 12.4. The second-order valence-corrected chi connectivity index (χ2v) is 11.0. The van der Waals surface area contributed by atoms with Crippen LogP contribution in [-0.4, -0.2) is 43.3 Å². The highest BCUT2D eigenvalue weighted by Gasteiger charge is 2.26. The number of para-hydroxylation sites is 1. The van der Waals surface area contributed by atoms with Crippen LogP contribution in [0.5, 0.6) is 0 Å². The minimum Gasteiger partial charge on any atom is -0.377 e. The van der Waals surface area contributed by atoms with Gasteiger partial charge in [0.25, 0.3) is 11.5 Å². The van der Waals surface area contributed by atoms with Gasteiger partial charge in [-0.15, -0.1) is 0 Å². The molecule has 3 aromatic heterocycles. The van der Waals surface area contributed by atoms with Crippen molar-refractivity contribution in [2.24, 2.45) is 12.8 Å². The Morgan fingerprint density at radius 2 is 1.81 bits per heavy atom. The van der Waals surface area contributed by atoms with Crippen molar-refractivity contribution in [2.45, 2.75) is 52.6 Å². The van der Waals surface area contributed by atoms with E-state index in [1.807, 2.05) is 58.2 Å². The number of anilines is 2. The molecule has 11 heteroatoms. The third-order valence-electron chi connectivity index (χ3n) is 7.86. The fourth-order valence-electron chi connectivity index (χ4n) is 5.80. The molecule has 1 unspecified atom stereocenters. The van der Waals surface area contributed by atoms with E-state index in [1.54, 1.807) is 23.7 Å². The molecule has 224 valence electrons. The lowest BCUT2D eigenvalue weighted by Crippen LogP contribution is -2.39. The normalized spacial score (nSPS) is 14.4. The van der Waals surface area contributed by atoms with E-state index in [9.17, 15) is 9.59 Å². The predicted octanol–water partition coefficient (Wildman–Crippen LogP) is 5.78. The number of fused-ring (bicyclic) bond motifs is 2. The molecule has 6 rings (SSSR count). The van der Waals surface area contributed by atoms with Crippen LogP contribution in [0.1, 0.15) is 67.3 Å². The van der Waals surface area contributed by atoms with E-state index in [-0.39, 0.29) is 28.5 Å². The lowest BCUT2D eigenvalue weighted by Gasteiger charge is -2.34. The lowest BCUT2D eigenvalue weighted by molar-refractivity contribution is 0.0996. The lowest BCUT2D eigenvalue weighted by atomic mass is 10.0. The van der Waals surface area contributed by atoms with Crippen molar-refractivity contribution < 1.29 is 4.79 Å². The predicted molar refractivity (Wildman–Crippen MR) is 173 cm³/mol. The molecule has 43 heavy (non-hydrogen) atoms. The Bertz CT molecular complexity index is 1860. The van der Waals surface area contributed by atoms with Gasteiger partial charge in [0, 0.05) is 31.1 Å². The molecule has 5 aromatic rings. The number of carbonyl (C=O) groups excluding carboxylic acids is 1. The molecule has 1 atom stereocenters. The summed E-state index contributed by atoms with van der Waals surface area (Å²) in [6.45, 7) is 9.40. The Labute approximate surface area is 255 Å². The summed E-state index contributed by atoms with van der Waals surface area (Å²) in [4.78, 5) is 37.0. The number of hydrogen-bond acceptors (Lipinski definition) is 7. The molecule has 0 aliphatic carbocycles. The zero-order chi connectivity index (χ0) is 30.8. The minimum atomic E-state index is -0.683. The number of aryl methyl sites for hydroxylation is 1. The number of nitrogens with two attached hydrogens (primary N) is 1. The molecule has 2 aromatic carbocycles. The molecule has 1 amide bonds. The molecule has 4 heterocycles. The maximum Gasteiger partial charge on any atom is 0.269 e. The zero-order valence-corrected chi connectivity index (χ0v) is 25.9. The van der Waals surface area contributed by atoms with Crippen molar-refractivity contribution in [3.8, 4) is 0 Å². The molecule has 1 saturated heterocycles. The summed E-state index contributed by atoms with van der Waals surface area (Å²) >= 11 is 6.00. The summed E-state index contributed by atoms with van der Waals surface area (Å²) in [7, 11) is 1.78. The quantitative estimate of drug-likeness (QED) is 0.237. The zero-order valence-electron chi connectivity index (χ0n) is 25.1. The third-order valence-corrected chi connectivity index (χ3v) is 8.07. The highest BCUT2D eigenvalue weighted by atomic mass is 35.5. The number of aromatic nitrogens is 5. The number of pyridine rings is 1. The number of halogens is 1. The minimum absolute atomic E-state index is 0.0544. The molecule has 0 saturated carbocycles. The van der Waals surface area contributed by atoms with E-state index >= 15 is 0 Å². The Balaban J connectivity index is 0.00000180. The van der Waals surface area contributed by atoms with Crippen molar-refractivity contribution in [3.63, 3.8) is 0 Å². The van der Waals surface area contributed by atoms with Crippen LogP contribution >= 0.6 is 11.6 Å². The van der Waals surface area contributed by atoms with E-state index in [4.69, 9.17) is 22.3 Å². The van der Waals surface area contributed by atoms with Gasteiger partial charge in [-0.2, -0.15) is 5.10 Å². The Kier molecular flexibility index (Phi) is 8.68. The van der Waals surface area contributed by atoms with Gasteiger partial charge < -0.3 is 16.0 Å². The average Bonchev–Trinajstić information content (AvgIpc) is 3.45. The summed E-state index contributed by atoms with van der Waals surface area (Å²) in [5.74, 6) is -0.0494. The number of piperidine rings is 1. The van der Waals surface area contributed by atoms with E-state index < -0.39 is 5.91 Å². The van der Waals surface area contributed by atoms with Crippen LogP contribution in [0.15, 0.2) is 59.5 Å². The maximum absolute atomic E-state index is 13.6. The van der Waals surface area contributed by atoms with Gasteiger partial charge in [-0.05, 0) is 56.5 Å². The topological polar surface area (TPSA) is 124 Å². The highest BCUT2D eigenvalue weighted by Crippen LogP contribution is 2.31. The molecule has 3 N–H and O–H groups in total. The summed E-state index contributed by atoms with van der Waals surface area (Å²) in [5.41, 5.74) is 9.49. The number of rotatable bonds is 6. The number of primary amides is 1. The third kappa shape index (κ3) is 5.79. The van der Waals surface area contributed by atoms with Gasteiger partial charge >= 0.3 is 0 Å². The molecule has 1 aliphatic heterocycles. The van der Waals surface area contributed by atoms with Gasteiger partial charge in [0.1, 0.15) is 5.15 Å². The van der Waals surface area contributed by atoms with Crippen molar-refractivity contribution in [1.29, 1.82) is 0 Å². The van der Waals surface area contributed by atoms with E-state index in [0.29, 0.717) is 22.5 Å². The molecule has 1 aliphatic rings.